The van der Waals surface area contributed by atoms with Crippen LogP contribution in [0.3, 0.4) is 0 Å². The number of carbonyl (C=O) groups is 4. The number of methoxy groups -OCH3 is 1. The summed E-state index contributed by atoms with van der Waals surface area (Å²) in [6.45, 7) is 2.31. The standard InChI is InChI=1S/C20H19NO8/c1-10(22)27-19(28-11(2)23)20-9-8-14(29-20)15-16(20)18(25)21(17(15)24)12-4-6-13(26-3)7-5-12/h4-9,14-16,19H,1-3H3/t14-,15+,16-,20-/m1/s1. The van der Waals surface area contributed by atoms with Gasteiger partial charge in [-0.1, -0.05) is 6.08 Å². The van der Waals surface area contributed by atoms with Gasteiger partial charge in [-0.25, -0.2) is 4.90 Å². The lowest BCUT2D eigenvalue weighted by Crippen LogP contribution is -2.52. The van der Waals surface area contributed by atoms with Gasteiger partial charge in [0.15, 0.2) is 5.60 Å². The zero-order valence-electron chi connectivity index (χ0n) is 16.0. The summed E-state index contributed by atoms with van der Waals surface area (Å²) in [7, 11) is 1.51. The molecule has 0 aromatic heterocycles. The van der Waals surface area contributed by atoms with Gasteiger partial charge in [0.05, 0.1) is 30.7 Å². The van der Waals surface area contributed by atoms with Crippen LogP contribution >= 0.6 is 0 Å². The number of amides is 2. The number of rotatable bonds is 5. The highest BCUT2D eigenvalue weighted by Gasteiger charge is 2.72. The molecule has 0 radical (unpaired) electrons. The number of hydrogen-bond acceptors (Lipinski definition) is 8. The molecule has 4 rings (SSSR count). The van der Waals surface area contributed by atoms with Crippen LogP contribution in [0.2, 0.25) is 0 Å². The first kappa shape index (κ1) is 19.1. The Morgan fingerprint density at radius 1 is 1.07 bits per heavy atom. The third-order valence-electron chi connectivity index (χ3n) is 5.32. The number of fused-ring (bicyclic) bond motifs is 5. The molecule has 2 bridgehead atoms. The number of anilines is 1. The molecule has 152 valence electrons. The predicted molar refractivity (Wildman–Crippen MR) is 96.5 cm³/mol. The Morgan fingerprint density at radius 3 is 2.24 bits per heavy atom. The minimum atomic E-state index is -1.55. The van der Waals surface area contributed by atoms with Gasteiger partial charge in [-0.05, 0) is 30.3 Å². The fraction of sp³-hybridized carbons (Fsp3) is 0.400. The van der Waals surface area contributed by atoms with Crippen molar-refractivity contribution in [3.63, 3.8) is 0 Å². The summed E-state index contributed by atoms with van der Waals surface area (Å²) in [5.74, 6) is -3.57. The van der Waals surface area contributed by atoms with Gasteiger partial charge in [0.2, 0.25) is 11.8 Å². The Morgan fingerprint density at radius 2 is 1.69 bits per heavy atom. The largest absolute Gasteiger partial charge is 0.497 e. The quantitative estimate of drug-likeness (QED) is 0.311. The second-order valence-corrected chi connectivity index (χ2v) is 7.06. The van der Waals surface area contributed by atoms with Crippen LogP contribution in [0.5, 0.6) is 5.75 Å². The summed E-state index contributed by atoms with van der Waals surface area (Å²) in [6.07, 6.45) is 0.997. The fourth-order valence-corrected chi connectivity index (χ4v) is 4.20. The second kappa shape index (κ2) is 6.70. The van der Waals surface area contributed by atoms with Crippen molar-refractivity contribution in [2.45, 2.75) is 31.8 Å². The Hall–Kier alpha value is -3.20. The number of nitrogens with zero attached hydrogens (tertiary/aromatic N) is 1. The molecule has 2 amide bonds. The Labute approximate surface area is 166 Å². The molecule has 3 heterocycles. The zero-order chi connectivity index (χ0) is 20.9. The van der Waals surface area contributed by atoms with Crippen molar-refractivity contribution in [1.29, 1.82) is 0 Å². The highest BCUT2D eigenvalue weighted by atomic mass is 16.7. The van der Waals surface area contributed by atoms with Crippen molar-refractivity contribution in [3.05, 3.63) is 36.4 Å². The highest BCUT2D eigenvalue weighted by Crippen LogP contribution is 2.54. The average Bonchev–Trinajstić information content (AvgIpc) is 3.32. The van der Waals surface area contributed by atoms with Crippen LogP contribution < -0.4 is 9.64 Å². The van der Waals surface area contributed by atoms with E-state index in [1.54, 1.807) is 30.3 Å². The molecule has 1 aromatic rings. The van der Waals surface area contributed by atoms with E-state index in [1.807, 2.05) is 0 Å². The maximum Gasteiger partial charge on any atom is 0.305 e. The zero-order valence-corrected chi connectivity index (χ0v) is 16.0. The van der Waals surface area contributed by atoms with Gasteiger partial charge in [0, 0.05) is 13.8 Å². The van der Waals surface area contributed by atoms with Gasteiger partial charge in [-0.2, -0.15) is 0 Å². The number of hydrogen-bond donors (Lipinski definition) is 0. The molecule has 4 atom stereocenters. The van der Waals surface area contributed by atoms with Crippen LogP contribution in [0.1, 0.15) is 13.8 Å². The van der Waals surface area contributed by atoms with Crippen molar-refractivity contribution >= 4 is 29.4 Å². The number of imide groups is 1. The van der Waals surface area contributed by atoms with E-state index in [1.165, 1.54) is 13.2 Å². The van der Waals surface area contributed by atoms with Crippen LogP contribution in [0.25, 0.3) is 0 Å². The first-order valence-corrected chi connectivity index (χ1v) is 9.02. The van der Waals surface area contributed by atoms with Crippen LogP contribution in [0.4, 0.5) is 5.69 Å². The van der Waals surface area contributed by atoms with Crippen molar-refractivity contribution in [1.82, 2.24) is 0 Å². The van der Waals surface area contributed by atoms with E-state index in [0.29, 0.717) is 11.4 Å². The van der Waals surface area contributed by atoms with Crippen LogP contribution in [0.15, 0.2) is 36.4 Å². The molecule has 9 nitrogen and oxygen atoms in total. The summed E-state index contributed by atoms with van der Waals surface area (Å²) < 4.78 is 21.4. The summed E-state index contributed by atoms with van der Waals surface area (Å²) in [5.41, 5.74) is -1.16. The molecular formula is C20H19NO8. The van der Waals surface area contributed by atoms with Gasteiger partial charge in [0.1, 0.15) is 5.75 Å². The average molecular weight is 401 g/mol. The fourth-order valence-electron chi connectivity index (χ4n) is 4.20. The van der Waals surface area contributed by atoms with Crippen LogP contribution in [-0.2, 0) is 33.4 Å². The molecule has 9 heteroatoms. The summed E-state index contributed by atoms with van der Waals surface area (Å²) >= 11 is 0. The van der Waals surface area contributed by atoms with E-state index >= 15 is 0 Å². The molecule has 0 saturated carbocycles. The molecule has 0 aliphatic carbocycles. The summed E-state index contributed by atoms with van der Waals surface area (Å²) in [4.78, 5) is 50.6. The van der Waals surface area contributed by atoms with Gasteiger partial charge >= 0.3 is 11.9 Å². The Balaban J connectivity index is 1.72. The van der Waals surface area contributed by atoms with Crippen molar-refractivity contribution in [2.75, 3.05) is 12.0 Å². The lowest BCUT2D eigenvalue weighted by molar-refractivity contribution is -0.226. The van der Waals surface area contributed by atoms with Gasteiger partial charge < -0.3 is 18.9 Å². The second-order valence-electron chi connectivity index (χ2n) is 7.06. The molecule has 0 N–H and O–H groups in total. The van der Waals surface area contributed by atoms with E-state index < -0.39 is 53.6 Å². The van der Waals surface area contributed by atoms with E-state index in [4.69, 9.17) is 18.9 Å². The van der Waals surface area contributed by atoms with Crippen molar-refractivity contribution in [3.8, 4) is 5.75 Å². The van der Waals surface area contributed by atoms with Crippen LogP contribution in [-0.4, -0.2) is 48.9 Å². The van der Waals surface area contributed by atoms with Gasteiger partial charge in [-0.15, -0.1) is 0 Å². The predicted octanol–water partition coefficient (Wildman–Crippen LogP) is 0.960. The molecule has 3 aliphatic rings. The number of carbonyl (C=O) groups excluding carboxylic acids is 4. The third kappa shape index (κ3) is 2.80. The number of ether oxygens (including phenoxy) is 4. The van der Waals surface area contributed by atoms with E-state index in [-0.39, 0.29) is 0 Å². The molecule has 3 aliphatic heterocycles. The summed E-state index contributed by atoms with van der Waals surface area (Å²) in [6, 6.07) is 6.50. The molecule has 2 fully saturated rings. The number of esters is 2. The SMILES string of the molecule is COc1ccc(N2C(=O)[C@H]3[C@H]4C=C[C@@](C(OC(C)=O)OC(C)=O)(O4)[C@H]3C2=O)cc1. The minimum Gasteiger partial charge on any atom is -0.497 e. The number of benzene rings is 1. The minimum absolute atomic E-state index is 0.390. The highest BCUT2D eigenvalue weighted by molar-refractivity contribution is 6.23. The normalized spacial score (nSPS) is 29.4. The first-order chi connectivity index (χ1) is 13.8. The van der Waals surface area contributed by atoms with E-state index in [2.05, 4.69) is 0 Å². The van der Waals surface area contributed by atoms with Crippen molar-refractivity contribution < 1.29 is 38.1 Å². The van der Waals surface area contributed by atoms with Crippen LogP contribution in [0, 0.1) is 11.8 Å². The molecule has 1 aromatic carbocycles. The smallest absolute Gasteiger partial charge is 0.305 e. The lowest BCUT2D eigenvalue weighted by Gasteiger charge is -2.34. The van der Waals surface area contributed by atoms with Crippen molar-refractivity contribution in [2.24, 2.45) is 11.8 Å². The molecule has 0 unspecified atom stereocenters. The molecule has 0 spiro atoms. The molecule has 29 heavy (non-hydrogen) atoms. The molecular weight excluding hydrogens is 382 g/mol. The molecule has 2 saturated heterocycles. The maximum atomic E-state index is 13.3. The monoisotopic (exact) mass is 401 g/mol. The third-order valence-corrected chi connectivity index (χ3v) is 5.32. The maximum absolute atomic E-state index is 13.3. The van der Waals surface area contributed by atoms with E-state index in [9.17, 15) is 19.2 Å². The summed E-state index contributed by atoms with van der Waals surface area (Å²) in [5, 5.41) is 0. The first-order valence-electron chi connectivity index (χ1n) is 9.02. The lowest BCUT2D eigenvalue weighted by atomic mass is 9.76. The van der Waals surface area contributed by atoms with Gasteiger partial charge in [-0.3, -0.25) is 19.2 Å². The Bertz CT molecular complexity index is 907. The Kier molecular flexibility index (Phi) is 4.42. The van der Waals surface area contributed by atoms with Gasteiger partial charge in [0.25, 0.3) is 6.29 Å². The topological polar surface area (TPSA) is 108 Å². The van der Waals surface area contributed by atoms with E-state index in [0.717, 1.165) is 18.7 Å².